The number of alkyl halides is 8. The lowest BCUT2D eigenvalue weighted by Crippen LogP contribution is -2.39. The summed E-state index contributed by atoms with van der Waals surface area (Å²) < 4.78 is 117. The van der Waals surface area contributed by atoms with Crippen LogP contribution in [0, 0.1) is 6.92 Å². The molecule has 0 aliphatic carbocycles. The van der Waals surface area contributed by atoms with Crippen LogP contribution in [0.2, 0.25) is 0 Å². The lowest BCUT2D eigenvalue weighted by molar-refractivity contribution is -0.306. The van der Waals surface area contributed by atoms with E-state index in [4.69, 9.17) is 4.74 Å². The minimum absolute atomic E-state index is 0.173. The highest BCUT2D eigenvalue weighted by molar-refractivity contribution is 5.52. The Hall–Kier alpha value is -3.58. The van der Waals surface area contributed by atoms with Gasteiger partial charge >= 0.3 is 25.1 Å². The van der Waals surface area contributed by atoms with Gasteiger partial charge in [0.2, 0.25) is 0 Å². The molecular weight excluding hydrogens is 554 g/mol. The summed E-state index contributed by atoms with van der Waals surface area (Å²) in [4.78, 5) is 1.40. The van der Waals surface area contributed by atoms with Crippen molar-refractivity contribution in [3.63, 3.8) is 0 Å². The summed E-state index contributed by atoms with van der Waals surface area (Å²) in [6, 6.07) is 18.2. The molecule has 3 aromatic carbocycles. The summed E-state index contributed by atoms with van der Waals surface area (Å²) in [5.41, 5.74) is 1.60. The van der Waals surface area contributed by atoms with E-state index in [1.807, 2.05) is 19.1 Å². The molecule has 5 nitrogen and oxygen atoms in total. The molecule has 13 heteroatoms. The number of ether oxygens (including phenoxy) is 3. The summed E-state index contributed by atoms with van der Waals surface area (Å²) in [5, 5.41) is 10.3. The fraction of sp³-hybridized carbons (Fsp3) is 0.333. The number of aliphatic hydroxyl groups excluding tert-OH is 1. The van der Waals surface area contributed by atoms with Gasteiger partial charge in [-0.15, -0.1) is 0 Å². The number of halogens is 8. The first-order chi connectivity index (χ1) is 18.7. The van der Waals surface area contributed by atoms with Crippen LogP contribution in [0.15, 0.2) is 72.8 Å². The molecule has 1 N–H and O–H groups in total. The second-order valence-electron chi connectivity index (χ2n) is 8.73. The first kappa shape index (κ1) is 31.0. The van der Waals surface area contributed by atoms with Crippen LogP contribution in [-0.2, 0) is 11.3 Å². The summed E-state index contributed by atoms with van der Waals surface area (Å²) in [6.07, 6.45) is -19.4. The lowest BCUT2D eigenvalue weighted by atomic mass is 10.1. The Morgan fingerprint density at radius 3 is 2.05 bits per heavy atom. The molecule has 0 spiro atoms. The van der Waals surface area contributed by atoms with Gasteiger partial charge in [-0.1, -0.05) is 35.9 Å². The number of aliphatic hydroxyl groups is 1. The van der Waals surface area contributed by atoms with Crippen molar-refractivity contribution in [1.82, 2.24) is 0 Å². The molecule has 40 heavy (non-hydrogen) atoms. The molecule has 3 aromatic rings. The Morgan fingerprint density at radius 1 is 0.775 bits per heavy atom. The van der Waals surface area contributed by atoms with Crippen LogP contribution < -0.4 is 14.4 Å². The van der Waals surface area contributed by atoms with Crippen LogP contribution in [-0.4, -0.2) is 49.4 Å². The van der Waals surface area contributed by atoms with Crippen LogP contribution >= 0.6 is 0 Å². The van der Waals surface area contributed by atoms with Crippen molar-refractivity contribution in [1.29, 1.82) is 0 Å². The fourth-order valence-electron chi connectivity index (χ4n) is 3.45. The molecule has 0 amide bonds. The first-order valence-electron chi connectivity index (χ1n) is 11.8. The maximum absolute atomic E-state index is 13.4. The van der Waals surface area contributed by atoms with Gasteiger partial charge in [0.15, 0.2) is 0 Å². The second-order valence-corrected chi connectivity index (χ2v) is 8.73. The highest BCUT2D eigenvalue weighted by atomic mass is 19.3. The molecule has 0 aromatic heterocycles. The molecule has 0 heterocycles. The van der Waals surface area contributed by atoms with E-state index < -0.39 is 50.1 Å². The van der Waals surface area contributed by atoms with Gasteiger partial charge < -0.3 is 24.2 Å². The van der Waals surface area contributed by atoms with Gasteiger partial charge in [-0.3, -0.25) is 0 Å². The van der Waals surface area contributed by atoms with Gasteiger partial charge in [0, 0.05) is 24.8 Å². The van der Waals surface area contributed by atoms with Gasteiger partial charge in [0.25, 0.3) is 0 Å². The molecule has 1 unspecified atom stereocenters. The molecule has 1 atom stereocenters. The van der Waals surface area contributed by atoms with Crippen LogP contribution in [0.1, 0.15) is 11.1 Å². The predicted octanol–water partition coefficient (Wildman–Crippen LogP) is 7.27. The third-order valence-corrected chi connectivity index (χ3v) is 5.37. The molecule has 0 saturated heterocycles. The van der Waals surface area contributed by atoms with Crippen LogP contribution in [0.5, 0.6) is 17.2 Å². The summed E-state index contributed by atoms with van der Waals surface area (Å²) in [5.74, 6) is 0.274. The van der Waals surface area contributed by atoms with E-state index in [2.05, 4.69) is 9.47 Å². The standard InChI is InChI=1S/C27H25F8NO4/c1-17-8-10-21(11-9-17)39-22-6-3-5-19(13-22)36(15-20(37)16-38-26(32,33)24(28)29)14-18-4-2-7-23(12-18)40-27(34,35)25(30)31/h2-13,20,24-25,37H,14-16H2,1H3. The summed E-state index contributed by atoms with van der Waals surface area (Å²) in [7, 11) is 0. The Morgan fingerprint density at radius 2 is 1.40 bits per heavy atom. The van der Waals surface area contributed by atoms with Crippen molar-refractivity contribution >= 4 is 5.69 Å². The Balaban J connectivity index is 1.84. The quantitative estimate of drug-likeness (QED) is 0.204. The largest absolute Gasteiger partial charge is 0.461 e. The minimum Gasteiger partial charge on any atom is -0.457 e. The monoisotopic (exact) mass is 579 g/mol. The summed E-state index contributed by atoms with van der Waals surface area (Å²) >= 11 is 0. The van der Waals surface area contributed by atoms with Gasteiger partial charge in [0.1, 0.15) is 17.2 Å². The Kier molecular flexibility index (Phi) is 10.2. The third kappa shape index (κ3) is 8.98. The topological polar surface area (TPSA) is 51.2 Å². The van der Waals surface area contributed by atoms with E-state index >= 15 is 0 Å². The van der Waals surface area contributed by atoms with Crippen molar-refractivity contribution in [2.45, 2.75) is 44.6 Å². The van der Waals surface area contributed by atoms with E-state index in [0.29, 0.717) is 17.2 Å². The zero-order valence-electron chi connectivity index (χ0n) is 20.9. The van der Waals surface area contributed by atoms with Crippen LogP contribution in [0.25, 0.3) is 0 Å². The van der Waals surface area contributed by atoms with Crippen LogP contribution in [0.3, 0.4) is 0 Å². The highest BCUT2D eigenvalue weighted by Crippen LogP contribution is 2.31. The van der Waals surface area contributed by atoms with E-state index in [0.717, 1.165) is 17.7 Å². The molecule has 0 saturated carbocycles. The maximum atomic E-state index is 13.4. The van der Waals surface area contributed by atoms with Crippen molar-refractivity contribution in [3.05, 3.63) is 83.9 Å². The van der Waals surface area contributed by atoms with Crippen molar-refractivity contribution in [3.8, 4) is 17.2 Å². The lowest BCUT2D eigenvalue weighted by Gasteiger charge is -2.29. The summed E-state index contributed by atoms with van der Waals surface area (Å²) in [6.45, 7) is 0.125. The number of anilines is 1. The normalized spacial score (nSPS) is 13.0. The van der Waals surface area contributed by atoms with Gasteiger partial charge in [-0.05, 0) is 48.9 Å². The van der Waals surface area contributed by atoms with Crippen molar-refractivity contribution in [2.24, 2.45) is 0 Å². The van der Waals surface area contributed by atoms with E-state index in [-0.39, 0.29) is 12.1 Å². The fourth-order valence-corrected chi connectivity index (χ4v) is 3.45. The number of hydrogen-bond donors (Lipinski definition) is 1. The number of benzene rings is 3. The average Bonchev–Trinajstić information content (AvgIpc) is 2.88. The number of aryl methyl sites for hydroxylation is 1. The average molecular weight is 579 g/mol. The third-order valence-electron chi connectivity index (χ3n) is 5.37. The zero-order valence-corrected chi connectivity index (χ0v) is 20.9. The van der Waals surface area contributed by atoms with Gasteiger partial charge in [-0.25, -0.2) is 8.78 Å². The van der Waals surface area contributed by atoms with Gasteiger partial charge in [0.05, 0.1) is 12.7 Å². The SMILES string of the molecule is Cc1ccc(Oc2cccc(N(Cc3cccc(OC(F)(F)C(F)F)c3)CC(O)COC(F)(F)C(F)F)c2)cc1. The molecule has 0 bridgehead atoms. The molecule has 0 aliphatic heterocycles. The molecule has 0 radical (unpaired) electrons. The number of nitrogens with zero attached hydrogens (tertiary/aromatic N) is 1. The molecule has 3 rings (SSSR count). The predicted molar refractivity (Wildman–Crippen MR) is 130 cm³/mol. The smallest absolute Gasteiger partial charge is 0.457 e. The molecule has 0 fully saturated rings. The number of hydrogen-bond acceptors (Lipinski definition) is 5. The minimum atomic E-state index is -4.78. The first-order valence-corrected chi connectivity index (χ1v) is 11.8. The van der Waals surface area contributed by atoms with Crippen molar-refractivity contribution in [2.75, 3.05) is 18.1 Å². The molecule has 0 aliphatic rings. The Labute approximate surface area is 224 Å². The zero-order chi connectivity index (χ0) is 29.5. The second kappa shape index (κ2) is 13.2. The van der Waals surface area contributed by atoms with Crippen molar-refractivity contribution < 1.29 is 54.4 Å². The van der Waals surface area contributed by atoms with E-state index in [1.165, 1.54) is 23.1 Å². The Bertz CT molecular complexity index is 1230. The van der Waals surface area contributed by atoms with E-state index in [1.54, 1.807) is 30.3 Å². The van der Waals surface area contributed by atoms with E-state index in [9.17, 15) is 40.2 Å². The molecule has 218 valence electrons. The van der Waals surface area contributed by atoms with Gasteiger partial charge in [-0.2, -0.15) is 26.3 Å². The number of rotatable bonds is 14. The van der Waals surface area contributed by atoms with Crippen LogP contribution in [0.4, 0.5) is 40.8 Å². The molecular formula is C27H25F8NO4. The highest BCUT2D eigenvalue weighted by Gasteiger charge is 2.44. The maximum Gasteiger partial charge on any atom is 0.461 e.